The zero-order valence-electron chi connectivity index (χ0n) is 23.6. The predicted molar refractivity (Wildman–Crippen MR) is 150 cm³/mol. The molecule has 0 unspecified atom stereocenters. The molecule has 2 heterocycles. The molecule has 8 nitrogen and oxygen atoms in total. The van der Waals surface area contributed by atoms with Crippen LogP contribution in [0, 0.1) is 18.3 Å². The number of rotatable bonds is 9. The summed E-state index contributed by atoms with van der Waals surface area (Å²) >= 11 is 1.59. The summed E-state index contributed by atoms with van der Waals surface area (Å²) in [6.45, 7) is 13.7. The third kappa shape index (κ3) is 7.41. The van der Waals surface area contributed by atoms with Crippen molar-refractivity contribution in [2.45, 2.75) is 92.0 Å². The van der Waals surface area contributed by atoms with Gasteiger partial charge in [-0.1, -0.05) is 58.9 Å². The van der Waals surface area contributed by atoms with Crippen LogP contribution < -0.4 is 10.6 Å². The molecule has 1 fully saturated rings. The highest BCUT2D eigenvalue weighted by molar-refractivity contribution is 7.13. The average Bonchev–Trinajstić information content (AvgIpc) is 3.45. The zero-order valence-corrected chi connectivity index (χ0v) is 24.4. The smallest absolute Gasteiger partial charge is 0.246 e. The van der Waals surface area contributed by atoms with E-state index in [1.165, 1.54) is 4.90 Å². The lowest BCUT2D eigenvalue weighted by Gasteiger charge is -2.35. The highest BCUT2D eigenvalue weighted by Gasteiger charge is 2.44. The maximum absolute atomic E-state index is 13.7. The molecule has 38 heavy (non-hydrogen) atoms. The Balaban J connectivity index is 1.70. The molecule has 208 valence electrons. The van der Waals surface area contributed by atoms with Crippen LogP contribution in [0.4, 0.5) is 0 Å². The summed E-state index contributed by atoms with van der Waals surface area (Å²) in [5, 5.41) is 16.3. The third-order valence-corrected chi connectivity index (χ3v) is 7.99. The van der Waals surface area contributed by atoms with Crippen molar-refractivity contribution in [2.24, 2.45) is 11.3 Å². The Morgan fingerprint density at radius 3 is 2.34 bits per heavy atom. The minimum atomic E-state index is -0.809. The van der Waals surface area contributed by atoms with E-state index in [0.29, 0.717) is 12.3 Å². The van der Waals surface area contributed by atoms with Crippen LogP contribution in [0.1, 0.15) is 78.1 Å². The first kappa shape index (κ1) is 29.8. The van der Waals surface area contributed by atoms with Crippen molar-refractivity contribution in [2.75, 3.05) is 6.54 Å². The van der Waals surface area contributed by atoms with E-state index in [4.69, 9.17) is 0 Å². The molecule has 1 aliphatic heterocycles. The van der Waals surface area contributed by atoms with Gasteiger partial charge in [-0.3, -0.25) is 14.4 Å². The Morgan fingerprint density at radius 2 is 1.79 bits per heavy atom. The number of hydrogen-bond acceptors (Lipinski definition) is 6. The Hall–Kier alpha value is -2.78. The van der Waals surface area contributed by atoms with Crippen molar-refractivity contribution in [3.63, 3.8) is 0 Å². The second-order valence-corrected chi connectivity index (χ2v) is 12.7. The van der Waals surface area contributed by atoms with Gasteiger partial charge < -0.3 is 20.6 Å². The lowest BCUT2D eigenvalue weighted by atomic mass is 9.85. The molecule has 0 bridgehead atoms. The van der Waals surface area contributed by atoms with E-state index in [0.717, 1.165) is 28.1 Å². The number of hydrogen-bond donors (Lipinski definition) is 3. The summed E-state index contributed by atoms with van der Waals surface area (Å²) < 4.78 is 0. The van der Waals surface area contributed by atoms with Crippen LogP contribution in [0.25, 0.3) is 10.4 Å². The van der Waals surface area contributed by atoms with Crippen molar-refractivity contribution >= 4 is 29.1 Å². The van der Waals surface area contributed by atoms with E-state index in [1.54, 1.807) is 11.3 Å². The van der Waals surface area contributed by atoms with Crippen molar-refractivity contribution < 1.29 is 19.5 Å². The van der Waals surface area contributed by atoms with Crippen molar-refractivity contribution in [3.8, 4) is 10.4 Å². The van der Waals surface area contributed by atoms with Gasteiger partial charge in [0.25, 0.3) is 0 Å². The Morgan fingerprint density at radius 1 is 1.13 bits per heavy atom. The molecule has 0 radical (unpaired) electrons. The highest BCUT2D eigenvalue weighted by atomic mass is 32.1. The van der Waals surface area contributed by atoms with E-state index >= 15 is 0 Å². The number of amides is 3. The molecule has 1 aromatic heterocycles. The highest BCUT2D eigenvalue weighted by Crippen LogP contribution is 2.29. The summed E-state index contributed by atoms with van der Waals surface area (Å²) in [5.74, 6) is -0.465. The number of aromatic nitrogens is 1. The number of likely N-dealkylation sites (tertiary alicyclic amines) is 1. The number of carbonyl (C=O) groups is 3. The summed E-state index contributed by atoms with van der Waals surface area (Å²) in [4.78, 5) is 46.5. The molecule has 9 heteroatoms. The predicted octanol–water partition coefficient (Wildman–Crippen LogP) is 4.22. The van der Waals surface area contributed by atoms with Crippen LogP contribution in [0.15, 0.2) is 29.8 Å². The van der Waals surface area contributed by atoms with Gasteiger partial charge in [0.2, 0.25) is 17.7 Å². The van der Waals surface area contributed by atoms with Gasteiger partial charge in [0.1, 0.15) is 12.1 Å². The van der Waals surface area contributed by atoms with E-state index < -0.39 is 23.6 Å². The topological polar surface area (TPSA) is 112 Å². The van der Waals surface area contributed by atoms with Crippen LogP contribution in [0.3, 0.4) is 0 Å². The SMILES string of the molecule is Cc1ncsc1-c1ccc([C@H](C)NC(=O)[C@@H]2C[C@@H](O)CN2C(=O)[C@@H](NC(=O)CCC(C)C)C(C)(C)C)cc1. The van der Waals surface area contributed by atoms with Gasteiger partial charge in [0.05, 0.1) is 28.2 Å². The first-order valence-corrected chi connectivity index (χ1v) is 14.2. The number of benzene rings is 1. The number of carbonyl (C=O) groups excluding carboxylic acids is 3. The molecule has 1 saturated heterocycles. The molecule has 1 aliphatic rings. The quantitative estimate of drug-likeness (QED) is 0.439. The van der Waals surface area contributed by atoms with Gasteiger partial charge in [-0.15, -0.1) is 11.3 Å². The molecule has 0 spiro atoms. The van der Waals surface area contributed by atoms with Gasteiger partial charge in [-0.2, -0.15) is 0 Å². The van der Waals surface area contributed by atoms with Gasteiger partial charge >= 0.3 is 0 Å². The number of nitrogens with zero attached hydrogens (tertiary/aromatic N) is 2. The Labute approximate surface area is 230 Å². The number of aliphatic hydroxyl groups is 1. The maximum Gasteiger partial charge on any atom is 0.246 e. The van der Waals surface area contributed by atoms with Crippen LogP contribution in [0.5, 0.6) is 0 Å². The van der Waals surface area contributed by atoms with Gasteiger partial charge in [0, 0.05) is 19.4 Å². The molecule has 4 atom stereocenters. The molecule has 1 aromatic carbocycles. The number of thiazole rings is 1. The lowest BCUT2D eigenvalue weighted by molar-refractivity contribution is -0.144. The molecule has 2 aromatic rings. The van der Waals surface area contributed by atoms with E-state index in [1.807, 2.05) is 78.2 Å². The largest absolute Gasteiger partial charge is 0.391 e. The number of aryl methyl sites for hydroxylation is 1. The fraction of sp³-hybridized carbons (Fsp3) is 0.586. The first-order chi connectivity index (χ1) is 17.8. The second-order valence-electron chi connectivity index (χ2n) is 11.8. The maximum atomic E-state index is 13.7. The fourth-order valence-corrected chi connectivity index (χ4v) is 5.48. The molecule has 0 saturated carbocycles. The third-order valence-electron chi connectivity index (χ3n) is 7.01. The molecule has 3 rings (SSSR count). The van der Waals surface area contributed by atoms with Crippen LogP contribution in [0.2, 0.25) is 0 Å². The number of aliphatic hydroxyl groups excluding tert-OH is 1. The molecule has 3 N–H and O–H groups in total. The normalized spacial score (nSPS) is 19.3. The standard InChI is InChI=1S/C29H42N4O4S/c1-17(2)8-13-24(35)32-26(29(5,6)7)28(37)33-15-22(34)14-23(33)27(36)31-18(3)20-9-11-21(12-10-20)25-19(4)30-16-38-25/h9-12,16-18,22-23,26,34H,8,13-15H2,1-7H3,(H,31,36)(H,32,35)/t18-,22+,23-,26+/m0/s1. The number of β-amino-alcohol motifs (C(OH)–C–C–N with tert-alkyl or cyclic N) is 1. The monoisotopic (exact) mass is 542 g/mol. The minimum absolute atomic E-state index is 0.0582. The second kappa shape index (κ2) is 12.4. The summed E-state index contributed by atoms with van der Waals surface area (Å²) in [6, 6.07) is 6.09. The first-order valence-electron chi connectivity index (χ1n) is 13.4. The van der Waals surface area contributed by atoms with Crippen molar-refractivity contribution in [1.82, 2.24) is 20.5 Å². The fourth-order valence-electron chi connectivity index (χ4n) is 4.67. The molecule has 3 amide bonds. The van der Waals surface area contributed by atoms with E-state index in [2.05, 4.69) is 15.6 Å². The van der Waals surface area contributed by atoms with Gasteiger partial charge in [-0.05, 0) is 42.7 Å². The Bertz CT molecular complexity index is 1120. The summed E-state index contributed by atoms with van der Waals surface area (Å²) in [6.07, 6.45) is 0.423. The summed E-state index contributed by atoms with van der Waals surface area (Å²) in [5.41, 5.74) is 4.26. The van der Waals surface area contributed by atoms with E-state index in [9.17, 15) is 19.5 Å². The molecular formula is C29H42N4O4S. The lowest BCUT2D eigenvalue weighted by Crippen LogP contribution is -2.57. The average molecular weight is 543 g/mol. The molecule has 0 aliphatic carbocycles. The van der Waals surface area contributed by atoms with Crippen molar-refractivity contribution in [1.29, 1.82) is 0 Å². The van der Waals surface area contributed by atoms with Crippen LogP contribution in [-0.4, -0.2) is 57.4 Å². The van der Waals surface area contributed by atoms with Gasteiger partial charge in [-0.25, -0.2) is 4.98 Å². The summed E-state index contributed by atoms with van der Waals surface area (Å²) in [7, 11) is 0. The van der Waals surface area contributed by atoms with E-state index in [-0.39, 0.29) is 36.7 Å². The van der Waals surface area contributed by atoms with Crippen molar-refractivity contribution in [3.05, 3.63) is 41.0 Å². The molecular weight excluding hydrogens is 500 g/mol. The van der Waals surface area contributed by atoms with Crippen LogP contribution >= 0.6 is 11.3 Å². The van der Waals surface area contributed by atoms with Gasteiger partial charge in [0.15, 0.2) is 0 Å². The van der Waals surface area contributed by atoms with Crippen LogP contribution in [-0.2, 0) is 14.4 Å². The zero-order chi connectivity index (χ0) is 28.2. The number of nitrogens with one attached hydrogen (secondary N) is 2. The minimum Gasteiger partial charge on any atom is -0.391 e. The Kier molecular flexibility index (Phi) is 9.70.